The van der Waals surface area contributed by atoms with Crippen LogP contribution in [0.3, 0.4) is 0 Å². The number of ether oxygens (including phenoxy) is 2. The maximum absolute atomic E-state index is 12.5. The first-order chi connectivity index (χ1) is 11.2. The van der Waals surface area contributed by atoms with E-state index in [-0.39, 0.29) is 11.9 Å². The third kappa shape index (κ3) is 2.67. The Morgan fingerprint density at radius 1 is 1.30 bits per heavy atom. The van der Waals surface area contributed by atoms with Gasteiger partial charge in [-0.05, 0) is 31.5 Å². The number of carbonyl (C=O) groups is 1. The fourth-order valence-corrected chi connectivity index (χ4v) is 2.86. The van der Waals surface area contributed by atoms with Crippen LogP contribution in [0.5, 0.6) is 5.75 Å². The van der Waals surface area contributed by atoms with E-state index in [1.54, 1.807) is 20.2 Å². The minimum atomic E-state index is -0.315. The highest BCUT2D eigenvalue weighted by atomic mass is 16.5. The van der Waals surface area contributed by atoms with Crippen molar-refractivity contribution in [3.63, 3.8) is 0 Å². The van der Waals surface area contributed by atoms with Gasteiger partial charge in [-0.15, -0.1) is 0 Å². The summed E-state index contributed by atoms with van der Waals surface area (Å²) in [5, 5.41) is 10.2. The molecule has 2 heterocycles. The normalized spacial score (nSPS) is 16.6. The number of allylic oxidation sites excluding steroid dienone is 1. The maximum Gasteiger partial charge on any atom is 0.336 e. The van der Waals surface area contributed by atoms with Crippen LogP contribution in [0.25, 0.3) is 0 Å². The van der Waals surface area contributed by atoms with Crippen LogP contribution in [0.15, 0.2) is 41.7 Å². The number of nitrogens with one attached hydrogen (secondary N) is 2. The molecule has 2 aromatic rings. The third-order valence-electron chi connectivity index (χ3n) is 3.93. The van der Waals surface area contributed by atoms with Crippen molar-refractivity contribution >= 4 is 11.8 Å². The van der Waals surface area contributed by atoms with Gasteiger partial charge < -0.3 is 14.8 Å². The van der Waals surface area contributed by atoms with Crippen LogP contribution in [0.2, 0.25) is 0 Å². The molecule has 1 aromatic heterocycles. The second-order valence-corrected chi connectivity index (χ2v) is 5.29. The van der Waals surface area contributed by atoms with E-state index in [0.29, 0.717) is 12.2 Å². The molecule has 1 atom stereocenters. The molecule has 3 rings (SSSR count). The molecule has 6 nitrogen and oxygen atoms in total. The molecule has 1 unspecified atom stereocenters. The van der Waals surface area contributed by atoms with E-state index < -0.39 is 0 Å². The van der Waals surface area contributed by atoms with Gasteiger partial charge in [-0.25, -0.2) is 4.79 Å². The molecule has 0 radical (unpaired) electrons. The number of carbonyl (C=O) groups excluding carboxylic acids is 1. The van der Waals surface area contributed by atoms with E-state index in [2.05, 4.69) is 15.5 Å². The van der Waals surface area contributed by atoms with Crippen LogP contribution in [-0.4, -0.2) is 29.9 Å². The zero-order valence-corrected chi connectivity index (χ0v) is 13.3. The van der Waals surface area contributed by atoms with E-state index in [9.17, 15) is 4.79 Å². The van der Waals surface area contributed by atoms with Crippen LogP contribution >= 0.6 is 0 Å². The SMILES string of the molecule is CCOC(=O)C1=C(C)Nc2[nH]ncc2C1c1ccc(OC)cc1. The number of H-pyrrole nitrogens is 1. The highest BCUT2D eigenvalue weighted by Crippen LogP contribution is 2.41. The molecule has 0 spiro atoms. The molecule has 0 fully saturated rings. The second-order valence-electron chi connectivity index (χ2n) is 5.29. The zero-order valence-electron chi connectivity index (χ0n) is 13.3. The number of aromatic nitrogens is 2. The number of rotatable bonds is 4. The molecule has 23 heavy (non-hydrogen) atoms. The van der Waals surface area contributed by atoms with Crippen LogP contribution in [0.4, 0.5) is 5.82 Å². The molecular weight excluding hydrogens is 294 g/mol. The van der Waals surface area contributed by atoms with Crippen molar-refractivity contribution in [2.75, 3.05) is 19.0 Å². The van der Waals surface area contributed by atoms with Gasteiger partial charge in [0.15, 0.2) is 0 Å². The van der Waals surface area contributed by atoms with E-state index in [0.717, 1.165) is 28.4 Å². The lowest BCUT2D eigenvalue weighted by Crippen LogP contribution is -2.24. The van der Waals surface area contributed by atoms with E-state index in [1.165, 1.54) is 0 Å². The number of aromatic amines is 1. The second kappa shape index (κ2) is 6.16. The molecule has 1 aliphatic rings. The van der Waals surface area contributed by atoms with E-state index >= 15 is 0 Å². The minimum absolute atomic E-state index is 0.227. The number of fused-ring (bicyclic) bond motifs is 1. The van der Waals surface area contributed by atoms with Gasteiger partial charge in [0.1, 0.15) is 11.6 Å². The van der Waals surface area contributed by atoms with Crippen molar-refractivity contribution in [2.45, 2.75) is 19.8 Å². The summed E-state index contributed by atoms with van der Waals surface area (Å²) in [6, 6.07) is 7.68. The van der Waals surface area contributed by atoms with E-state index in [4.69, 9.17) is 9.47 Å². The summed E-state index contributed by atoms with van der Waals surface area (Å²) in [5.74, 6) is 1.03. The summed E-state index contributed by atoms with van der Waals surface area (Å²) in [7, 11) is 1.63. The topological polar surface area (TPSA) is 76.2 Å². The van der Waals surface area contributed by atoms with Crippen molar-refractivity contribution < 1.29 is 14.3 Å². The molecule has 0 saturated heterocycles. The van der Waals surface area contributed by atoms with Gasteiger partial charge in [-0.2, -0.15) is 5.10 Å². The number of hydrogen-bond donors (Lipinski definition) is 2. The summed E-state index contributed by atoms with van der Waals surface area (Å²) in [6.07, 6.45) is 1.74. The summed E-state index contributed by atoms with van der Waals surface area (Å²) in [6.45, 7) is 4.01. The van der Waals surface area contributed by atoms with Crippen LogP contribution in [-0.2, 0) is 9.53 Å². The first kappa shape index (κ1) is 15.1. The Morgan fingerprint density at radius 2 is 2.04 bits per heavy atom. The zero-order chi connectivity index (χ0) is 16.4. The highest BCUT2D eigenvalue weighted by molar-refractivity contribution is 5.94. The maximum atomic E-state index is 12.5. The van der Waals surface area contributed by atoms with Crippen molar-refractivity contribution in [1.29, 1.82) is 0 Å². The fraction of sp³-hybridized carbons (Fsp3) is 0.294. The molecule has 0 bridgehead atoms. The molecule has 1 aliphatic heterocycles. The van der Waals surface area contributed by atoms with Gasteiger partial charge in [0, 0.05) is 17.2 Å². The number of methoxy groups -OCH3 is 1. The molecule has 0 aliphatic carbocycles. The summed E-state index contributed by atoms with van der Waals surface area (Å²) in [5.41, 5.74) is 3.27. The predicted molar refractivity (Wildman–Crippen MR) is 86.4 cm³/mol. The number of benzene rings is 1. The van der Waals surface area contributed by atoms with E-state index in [1.807, 2.05) is 31.2 Å². The first-order valence-corrected chi connectivity index (χ1v) is 7.47. The summed E-state index contributed by atoms with van der Waals surface area (Å²) >= 11 is 0. The number of esters is 1. The Morgan fingerprint density at radius 3 is 2.70 bits per heavy atom. The van der Waals surface area contributed by atoms with Crippen molar-refractivity contribution in [3.8, 4) is 5.75 Å². The Labute approximate surface area is 134 Å². The molecule has 2 N–H and O–H groups in total. The fourth-order valence-electron chi connectivity index (χ4n) is 2.86. The molecular formula is C17H19N3O3. The van der Waals surface area contributed by atoms with Gasteiger partial charge in [0.2, 0.25) is 0 Å². The van der Waals surface area contributed by atoms with Crippen LogP contribution in [0, 0.1) is 0 Å². The molecule has 120 valence electrons. The van der Waals surface area contributed by atoms with Gasteiger partial charge in [-0.1, -0.05) is 12.1 Å². The van der Waals surface area contributed by atoms with Gasteiger partial charge in [0.25, 0.3) is 0 Å². The average Bonchev–Trinajstić information content (AvgIpc) is 3.01. The quantitative estimate of drug-likeness (QED) is 0.849. The lowest BCUT2D eigenvalue weighted by Gasteiger charge is -2.27. The predicted octanol–water partition coefficient (Wildman–Crippen LogP) is 2.81. The standard InChI is InChI=1S/C17H19N3O3/c1-4-23-17(21)14-10(2)19-16-13(9-18-20-16)15(14)11-5-7-12(22-3)8-6-11/h5-9,15H,4H2,1-3H3,(H2,18,19,20). The van der Waals surface area contributed by atoms with Gasteiger partial charge in [-0.3, -0.25) is 5.10 Å². The lowest BCUT2D eigenvalue weighted by atomic mass is 9.83. The average molecular weight is 313 g/mol. The molecule has 0 amide bonds. The molecule has 6 heteroatoms. The molecule has 0 saturated carbocycles. The molecule has 1 aromatic carbocycles. The Bertz CT molecular complexity index is 747. The van der Waals surface area contributed by atoms with Gasteiger partial charge in [0.05, 0.1) is 25.5 Å². The first-order valence-electron chi connectivity index (χ1n) is 7.47. The van der Waals surface area contributed by atoms with Crippen molar-refractivity contribution in [1.82, 2.24) is 10.2 Å². The Kier molecular flexibility index (Phi) is 4.06. The third-order valence-corrected chi connectivity index (χ3v) is 3.93. The van der Waals surface area contributed by atoms with Gasteiger partial charge >= 0.3 is 5.97 Å². The summed E-state index contributed by atoms with van der Waals surface area (Å²) < 4.78 is 10.5. The smallest absolute Gasteiger partial charge is 0.336 e. The minimum Gasteiger partial charge on any atom is -0.497 e. The van der Waals surface area contributed by atoms with Crippen molar-refractivity contribution in [2.24, 2.45) is 0 Å². The number of anilines is 1. The largest absolute Gasteiger partial charge is 0.497 e. The lowest BCUT2D eigenvalue weighted by molar-refractivity contribution is -0.138. The highest BCUT2D eigenvalue weighted by Gasteiger charge is 2.34. The van der Waals surface area contributed by atoms with Crippen LogP contribution < -0.4 is 10.1 Å². The summed E-state index contributed by atoms with van der Waals surface area (Å²) in [4.78, 5) is 12.5. The Balaban J connectivity index is 2.10. The number of nitrogens with zero attached hydrogens (tertiary/aromatic N) is 1. The monoisotopic (exact) mass is 313 g/mol. The van der Waals surface area contributed by atoms with Crippen molar-refractivity contribution in [3.05, 3.63) is 52.9 Å². The number of hydrogen-bond acceptors (Lipinski definition) is 5. The Hall–Kier alpha value is -2.76. The van der Waals surface area contributed by atoms with Crippen LogP contribution in [0.1, 0.15) is 30.9 Å².